The number of pyridine rings is 1. The summed E-state index contributed by atoms with van der Waals surface area (Å²) in [5.41, 5.74) is 1.61. The van der Waals surface area contributed by atoms with E-state index in [4.69, 9.17) is 27.9 Å². The lowest BCUT2D eigenvalue weighted by Gasteiger charge is -2.14. The zero-order valence-electron chi connectivity index (χ0n) is 14.3. The molecule has 0 N–H and O–H groups in total. The van der Waals surface area contributed by atoms with E-state index in [1.54, 1.807) is 36.0 Å². The predicted molar refractivity (Wildman–Crippen MR) is 98.9 cm³/mol. The minimum atomic E-state index is -0.137. The third-order valence-corrected chi connectivity index (χ3v) is 4.54. The summed E-state index contributed by atoms with van der Waals surface area (Å²) in [5.74, 6) is 0.956. The largest absolute Gasteiger partial charge is 0.486 e. The lowest BCUT2D eigenvalue weighted by Crippen LogP contribution is -2.09. The highest BCUT2D eigenvalue weighted by atomic mass is 35.5. The Kier molecular flexibility index (Phi) is 4.71. The average Bonchev–Trinajstić information content (AvgIpc) is 2.90. The molecule has 3 aromatic rings. The maximum absolute atomic E-state index is 12.8. The summed E-state index contributed by atoms with van der Waals surface area (Å²) in [5, 5.41) is 1.17. The van der Waals surface area contributed by atoms with E-state index in [1.165, 1.54) is 0 Å². The van der Waals surface area contributed by atoms with Crippen LogP contribution >= 0.6 is 23.2 Å². The first kappa shape index (κ1) is 17.7. The predicted octanol–water partition coefficient (Wildman–Crippen LogP) is 4.60. The molecule has 7 heteroatoms. The maximum Gasteiger partial charge on any atom is 0.211 e. The summed E-state index contributed by atoms with van der Waals surface area (Å²) in [6.45, 7) is 5.60. The van der Waals surface area contributed by atoms with Gasteiger partial charge in [-0.3, -0.25) is 4.79 Å². The molecule has 0 atom stereocenters. The third-order valence-electron chi connectivity index (χ3n) is 3.91. The van der Waals surface area contributed by atoms with Gasteiger partial charge < -0.3 is 9.30 Å². The molecule has 0 bridgehead atoms. The van der Waals surface area contributed by atoms with Gasteiger partial charge in [-0.05, 0) is 39.0 Å². The summed E-state index contributed by atoms with van der Waals surface area (Å²) in [4.78, 5) is 21.3. The van der Waals surface area contributed by atoms with Crippen molar-refractivity contribution in [3.63, 3.8) is 0 Å². The highest BCUT2D eigenvalue weighted by Gasteiger charge is 2.19. The Morgan fingerprint density at radius 2 is 2.00 bits per heavy atom. The van der Waals surface area contributed by atoms with Crippen LogP contribution in [0.15, 0.2) is 24.4 Å². The van der Waals surface area contributed by atoms with Gasteiger partial charge in [0.15, 0.2) is 10.9 Å². The van der Waals surface area contributed by atoms with Gasteiger partial charge in [-0.25, -0.2) is 9.97 Å². The molecule has 0 unspecified atom stereocenters. The summed E-state index contributed by atoms with van der Waals surface area (Å²) >= 11 is 12.6. The van der Waals surface area contributed by atoms with Crippen LogP contribution < -0.4 is 4.74 Å². The van der Waals surface area contributed by atoms with E-state index in [9.17, 15) is 4.79 Å². The van der Waals surface area contributed by atoms with Crippen molar-refractivity contribution in [3.8, 4) is 5.75 Å². The topological polar surface area (TPSA) is 57.0 Å². The van der Waals surface area contributed by atoms with Gasteiger partial charge in [0, 0.05) is 18.0 Å². The van der Waals surface area contributed by atoms with Crippen LogP contribution in [0.25, 0.3) is 10.9 Å². The fourth-order valence-electron chi connectivity index (χ4n) is 2.52. The van der Waals surface area contributed by atoms with Gasteiger partial charge >= 0.3 is 0 Å². The van der Waals surface area contributed by atoms with Crippen molar-refractivity contribution in [2.45, 2.75) is 26.9 Å². The molecule has 0 amide bonds. The number of hydrogen-bond acceptors (Lipinski definition) is 4. The lowest BCUT2D eigenvalue weighted by molar-refractivity contribution is 0.103. The van der Waals surface area contributed by atoms with Crippen LogP contribution in [0.1, 0.15) is 35.7 Å². The first-order valence-electron chi connectivity index (χ1n) is 7.78. The number of nitrogens with zero attached hydrogens (tertiary/aromatic N) is 3. The Bertz CT molecular complexity index is 980. The number of halogens is 2. The van der Waals surface area contributed by atoms with Crippen molar-refractivity contribution in [2.75, 3.05) is 0 Å². The molecule has 0 spiro atoms. The molecule has 25 heavy (non-hydrogen) atoms. The van der Waals surface area contributed by atoms with Gasteiger partial charge in [0.05, 0.1) is 22.8 Å². The highest BCUT2D eigenvalue weighted by molar-refractivity contribution is 6.40. The number of ether oxygens (including phenoxy) is 1. The molecule has 0 aliphatic heterocycles. The number of benzene rings is 1. The zero-order valence-corrected chi connectivity index (χ0v) is 15.8. The molecule has 0 radical (unpaired) electrons. The van der Waals surface area contributed by atoms with Gasteiger partial charge in [-0.15, -0.1) is 0 Å². The normalized spacial score (nSPS) is 11.3. The molecule has 0 aliphatic rings. The minimum Gasteiger partial charge on any atom is -0.486 e. The van der Waals surface area contributed by atoms with E-state index in [0.29, 0.717) is 32.9 Å². The Labute approximate surface area is 155 Å². The monoisotopic (exact) mass is 377 g/mol. The second kappa shape index (κ2) is 6.65. The number of ketones is 1. The van der Waals surface area contributed by atoms with Crippen molar-refractivity contribution < 1.29 is 9.53 Å². The van der Waals surface area contributed by atoms with E-state index in [2.05, 4.69) is 9.97 Å². The number of aryl methyl sites for hydroxylation is 1. The highest BCUT2D eigenvalue weighted by Crippen LogP contribution is 2.38. The maximum atomic E-state index is 12.8. The number of rotatable bonds is 4. The van der Waals surface area contributed by atoms with Crippen LogP contribution in [0.2, 0.25) is 10.2 Å². The lowest BCUT2D eigenvalue weighted by atomic mass is 10.1. The molecular weight excluding hydrogens is 361 g/mol. The minimum absolute atomic E-state index is 0.100. The number of fused-ring (bicyclic) bond motifs is 1. The van der Waals surface area contributed by atoms with E-state index in [-0.39, 0.29) is 17.0 Å². The smallest absolute Gasteiger partial charge is 0.211 e. The second-order valence-electron chi connectivity index (χ2n) is 6.02. The molecule has 130 valence electrons. The van der Waals surface area contributed by atoms with E-state index in [0.717, 1.165) is 5.82 Å². The zero-order chi connectivity index (χ0) is 18.3. The summed E-state index contributed by atoms with van der Waals surface area (Å²) < 4.78 is 7.42. The van der Waals surface area contributed by atoms with Crippen LogP contribution in [0.4, 0.5) is 0 Å². The molecule has 2 heterocycles. The van der Waals surface area contributed by atoms with Crippen molar-refractivity contribution >= 4 is 39.9 Å². The second-order valence-corrected chi connectivity index (χ2v) is 6.76. The Morgan fingerprint density at radius 3 is 2.60 bits per heavy atom. The van der Waals surface area contributed by atoms with Crippen LogP contribution in [-0.4, -0.2) is 26.4 Å². The standard InChI is InChI=1S/C18H17Cl2N3O2/c1-9(2)25-17-15(19)12-7-11(5-6-13(12)22-18(17)20)16(24)14-8-21-10(3)23(14)4/h5-9H,1-4H3. The van der Waals surface area contributed by atoms with Gasteiger partial charge in [-0.1, -0.05) is 23.2 Å². The molecule has 3 rings (SSSR count). The SMILES string of the molecule is Cc1ncc(C(=O)c2ccc3nc(Cl)c(OC(C)C)c(Cl)c3c2)n1C. The fraction of sp³-hybridized carbons (Fsp3) is 0.278. The van der Waals surface area contributed by atoms with Crippen molar-refractivity contribution in [1.82, 2.24) is 14.5 Å². The molecule has 2 aromatic heterocycles. The Morgan fingerprint density at radius 1 is 1.28 bits per heavy atom. The molecule has 0 fully saturated rings. The van der Waals surface area contributed by atoms with Gasteiger partial charge in [-0.2, -0.15) is 0 Å². The summed E-state index contributed by atoms with van der Waals surface area (Å²) in [6.07, 6.45) is 1.47. The van der Waals surface area contributed by atoms with Crippen molar-refractivity contribution in [2.24, 2.45) is 7.05 Å². The number of aromatic nitrogens is 3. The number of hydrogen-bond donors (Lipinski definition) is 0. The quantitative estimate of drug-likeness (QED) is 0.492. The number of imidazole rings is 1. The van der Waals surface area contributed by atoms with Crippen LogP contribution in [0, 0.1) is 6.92 Å². The van der Waals surface area contributed by atoms with Gasteiger partial charge in [0.25, 0.3) is 0 Å². The molecule has 0 saturated heterocycles. The summed E-state index contributed by atoms with van der Waals surface area (Å²) in [7, 11) is 1.81. The first-order valence-corrected chi connectivity index (χ1v) is 8.53. The van der Waals surface area contributed by atoms with Crippen molar-refractivity contribution in [3.05, 3.63) is 51.7 Å². The number of carbonyl (C=O) groups is 1. The summed E-state index contributed by atoms with van der Waals surface area (Å²) in [6, 6.07) is 5.14. The molecular formula is C18H17Cl2N3O2. The van der Waals surface area contributed by atoms with E-state index >= 15 is 0 Å². The van der Waals surface area contributed by atoms with Crippen LogP contribution in [0.3, 0.4) is 0 Å². The van der Waals surface area contributed by atoms with E-state index in [1.807, 2.05) is 20.8 Å². The van der Waals surface area contributed by atoms with E-state index < -0.39 is 0 Å². The van der Waals surface area contributed by atoms with Crippen molar-refractivity contribution in [1.29, 1.82) is 0 Å². The molecule has 5 nitrogen and oxygen atoms in total. The number of carbonyl (C=O) groups excluding carboxylic acids is 1. The Hall–Kier alpha value is -2.11. The van der Waals surface area contributed by atoms with Crippen LogP contribution in [0.5, 0.6) is 5.75 Å². The third kappa shape index (κ3) is 3.22. The average molecular weight is 378 g/mol. The molecule has 0 aliphatic carbocycles. The van der Waals surface area contributed by atoms with Crippen LogP contribution in [-0.2, 0) is 7.05 Å². The first-order chi connectivity index (χ1) is 11.8. The molecule has 1 aromatic carbocycles. The molecule has 0 saturated carbocycles. The van der Waals surface area contributed by atoms with Gasteiger partial charge in [0.1, 0.15) is 11.5 Å². The fourth-order valence-corrected chi connectivity index (χ4v) is 3.08. The van der Waals surface area contributed by atoms with Gasteiger partial charge in [0.2, 0.25) is 5.78 Å². The Balaban J connectivity index is 2.13.